The van der Waals surface area contributed by atoms with E-state index < -0.39 is 6.03 Å². The Labute approximate surface area is 59.8 Å². The summed E-state index contributed by atoms with van der Waals surface area (Å²) >= 11 is 0. The van der Waals surface area contributed by atoms with Crippen LogP contribution >= 0.6 is 0 Å². The van der Waals surface area contributed by atoms with E-state index in [0.29, 0.717) is 0 Å². The van der Waals surface area contributed by atoms with Crippen LogP contribution in [0, 0.1) is 5.92 Å². The second-order valence-electron chi connectivity index (χ2n) is 2.22. The van der Waals surface area contributed by atoms with E-state index in [0.717, 1.165) is 6.42 Å². The Balaban J connectivity index is 3.73. The average molecular weight is 145 g/mol. The van der Waals surface area contributed by atoms with Crippen LogP contribution in [-0.2, 0) is 4.79 Å². The first-order valence-electron chi connectivity index (χ1n) is 3.24. The zero-order valence-electron chi connectivity index (χ0n) is 6.31. The van der Waals surface area contributed by atoms with E-state index in [2.05, 4.69) is 11.1 Å². The van der Waals surface area contributed by atoms with E-state index in [4.69, 9.17) is 0 Å². The molecule has 0 bridgehead atoms. The zero-order chi connectivity index (χ0) is 8.15. The van der Waals surface area contributed by atoms with Gasteiger partial charge in [0.1, 0.15) is 0 Å². The Kier molecular flexibility index (Phi) is 3.64. The molecule has 3 amide bonds. The molecule has 0 aliphatic rings. The van der Waals surface area contributed by atoms with Crippen LogP contribution in [0.3, 0.4) is 0 Å². The van der Waals surface area contributed by atoms with Crippen LogP contribution in [0.4, 0.5) is 4.79 Å². The number of urea groups is 1. The van der Waals surface area contributed by atoms with Crippen molar-refractivity contribution in [3.63, 3.8) is 0 Å². The predicted molar refractivity (Wildman–Crippen MR) is 35.9 cm³/mol. The second-order valence-corrected chi connectivity index (χ2v) is 2.22. The lowest BCUT2D eigenvalue weighted by Gasteiger charge is -2.03. The number of nitrogens with one attached hydrogen (secondary N) is 1. The van der Waals surface area contributed by atoms with Gasteiger partial charge in [-0.1, -0.05) is 13.8 Å². The van der Waals surface area contributed by atoms with E-state index in [-0.39, 0.29) is 11.8 Å². The maximum absolute atomic E-state index is 10.8. The second kappa shape index (κ2) is 4.00. The molecule has 0 saturated carbocycles. The van der Waals surface area contributed by atoms with Crippen LogP contribution < -0.4 is 11.1 Å². The molecule has 0 spiro atoms. The number of rotatable bonds is 2. The van der Waals surface area contributed by atoms with Crippen LogP contribution in [0.5, 0.6) is 0 Å². The van der Waals surface area contributed by atoms with Crippen molar-refractivity contribution in [1.29, 1.82) is 0 Å². The van der Waals surface area contributed by atoms with Gasteiger partial charge >= 0.3 is 6.03 Å². The van der Waals surface area contributed by atoms with Gasteiger partial charge in [-0.15, -0.1) is 0 Å². The fourth-order valence-electron chi connectivity index (χ4n) is 0.446. The Bertz CT molecular complexity index is 145. The maximum atomic E-state index is 10.8. The zero-order valence-corrected chi connectivity index (χ0v) is 6.31. The quantitative estimate of drug-likeness (QED) is 0.550. The third-order valence-corrected chi connectivity index (χ3v) is 1.32. The molecule has 1 unspecified atom stereocenters. The maximum Gasteiger partial charge on any atom is 0.418 e. The van der Waals surface area contributed by atoms with Gasteiger partial charge in [0.05, 0.1) is 0 Å². The van der Waals surface area contributed by atoms with Crippen LogP contribution in [0.2, 0.25) is 0 Å². The number of hydrogen-bond acceptors (Lipinski definition) is 2. The van der Waals surface area contributed by atoms with Gasteiger partial charge in [0.2, 0.25) is 5.91 Å². The summed E-state index contributed by atoms with van der Waals surface area (Å²) in [7, 11) is 0. The fourth-order valence-corrected chi connectivity index (χ4v) is 0.446. The number of imide groups is 1. The highest BCUT2D eigenvalue weighted by Crippen LogP contribution is 1.98. The SMILES string of the molecule is CCC(C)C(=O)NC([NH3+])=O. The number of carbonyl (C=O) groups is 2. The third kappa shape index (κ3) is 3.19. The highest BCUT2D eigenvalue weighted by Gasteiger charge is 2.12. The average Bonchev–Trinajstić information content (AvgIpc) is 1.85. The predicted octanol–water partition coefficient (Wildman–Crippen LogP) is -0.489. The van der Waals surface area contributed by atoms with Crippen molar-refractivity contribution >= 4 is 11.9 Å². The molecule has 0 rings (SSSR count). The minimum atomic E-state index is -0.537. The van der Waals surface area contributed by atoms with E-state index in [1.807, 2.05) is 6.92 Å². The topological polar surface area (TPSA) is 73.8 Å². The molecule has 58 valence electrons. The lowest BCUT2D eigenvalue weighted by atomic mass is 10.1. The van der Waals surface area contributed by atoms with Crippen molar-refractivity contribution in [3.05, 3.63) is 0 Å². The lowest BCUT2D eigenvalue weighted by Crippen LogP contribution is -2.64. The number of carbonyl (C=O) groups excluding carboxylic acids is 2. The molecule has 4 heteroatoms. The van der Waals surface area contributed by atoms with Crippen molar-refractivity contribution in [2.75, 3.05) is 0 Å². The molecule has 0 aromatic heterocycles. The van der Waals surface area contributed by atoms with E-state index in [1.54, 1.807) is 6.92 Å². The molecular formula is C6H13N2O2+. The fraction of sp³-hybridized carbons (Fsp3) is 0.667. The number of quaternary nitrogens is 1. The molecule has 0 aliphatic heterocycles. The molecule has 4 N–H and O–H groups in total. The summed E-state index contributed by atoms with van der Waals surface area (Å²) in [6, 6.07) is -0.537. The van der Waals surface area contributed by atoms with Crippen LogP contribution in [0.1, 0.15) is 20.3 Å². The summed E-state index contributed by atoms with van der Waals surface area (Å²) < 4.78 is 0. The highest BCUT2D eigenvalue weighted by atomic mass is 16.2. The molecule has 0 heterocycles. The van der Waals surface area contributed by atoms with Crippen molar-refractivity contribution in [3.8, 4) is 0 Å². The summed E-state index contributed by atoms with van der Waals surface area (Å²) in [5.41, 5.74) is 3.02. The largest absolute Gasteiger partial charge is 0.418 e. The first kappa shape index (κ1) is 9.10. The molecule has 10 heavy (non-hydrogen) atoms. The number of amides is 3. The molecule has 0 radical (unpaired) electrons. The molecule has 1 atom stereocenters. The monoisotopic (exact) mass is 145 g/mol. The summed E-state index contributed by atoms with van der Waals surface area (Å²) in [6.45, 7) is 3.65. The summed E-state index contributed by atoms with van der Waals surface area (Å²) in [4.78, 5) is 21.0. The van der Waals surface area contributed by atoms with Crippen LogP contribution in [-0.4, -0.2) is 11.9 Å². The van der Waals surface area contributed by atoms with Gasteiger partial charge in [0.25, 0.3) is 0 Å². The summed E-state index contributed by atoms with van der Waals surface area (Å²) in [6.07, 6.45) is 0.735. The van der Waals surface area contributed by atoms with E-state index >= 15 is 0 Å². The molecule has 0 aromatic rings. The lowest BCUT2D eigenvalue weighted by molar-refractivity contribution is -0.250. The normalized spacial score (nSPS) is 12.3. The third-order valence-electron chi connectivity index (χ3n) is 1.32. The van der Waals surface area contributed by atoms with Gasteiger partial charge in [0.15, 0.2) is 0 Å². The molecule has 4 nitrogen and oxygen atoms in total. The Morgan fingerprint density at radius 1 is 1.60 bits per heavy atom. The minimum Gasteiger partial charge on any atom is -0.274 e. The molecule has 0 aliphatic carbocycles. The first-order chi connectivity index (χ1) is 4.57. The molecular weight excluding hydrogens is 132 g/mol. The first-order valence-corrected chi connectivity index (χ1v) is 3.24. The molecule has 0 aromatic carbocycles. The van der Waals surface area contributed by atoms with Gasteiger partial charge in [-0.05, 0) is 6.42 Å². The van der Waals surface area contributed by atoms with Crippen LogP contribution in [0.25, 0.3) is 0 Å². The highest BCUT2D eigenvalue weighted by molar-refractivity contribution is 5.91. The van der Waals surface area contributed by atoms with Gasteiger partial charge < -0.3 is 0 Å². The van der Waals surface area contributed by atoms with Gasteiger partial charge in [-0.2, -0.15) is 0 Å². The van der Waals surface area contributed by atoms with Crippen molar-refractivity contribution < 1.29 is 15.3 Å². The van der Waals surface area contributed by atoms with Crippen LogP contribution in [0.15, 0.2) is 0 Å². The summed E-state index contributed by atoms with van der Waals surface area (Å²) in [5, 5.41) is 2.10. The Morgan fingerprint density at radius 2 is 2.10 bits per heavy atom. The Morgan fingerprint density at radius 3 is 2.40 bits per heavy atom. The molecule has 0 saturated heterocycles. The summed E-state index contributed by atoms with van der Waals surface area (Å²) in [5.74, 6) is -0.354. The van der Waals surface area contributed by atoms with E-state index in [1.165, 1.54) is 0 Å². The van der Waals surface area contributed by atoms with Crippen molar-refractivity contribution in [2.24, 2.45) is 5.92 Å². The smallest absolute Gasteiger partial charge is 0.274 e. The Hall–Kier alpha value is -0.900. The molecule has 0 fully saturated rings. The minimum absolute atomic E-state index is 0.106. The standard InChI is InChI=1S/C6H12N2O2/c1-3-4(2)5(9)8-6(7)10/h4H,3H2,1-2H3,(H3,7,8,9,10)/p+1. The van der Waals surface area contributed by atoms with Gasteiger partial charge in [-0.25, -0.2) is 10.1 Å². The van der Waals surface area contributed by atoms with Gasteiger partial charge in [0, 0.05) is 5.92 Å². The van der Waals surface area contributed by atoms with Gasteiger partial charge in [-0.3, -0.25) is 10.5 Å². The van der Waals surface area contributed by atoms with Crippen molar-refractivity contribution in [1.82, 2.24) is 5.32 Å². The van der Waals surface area contributed by atoms with E-state index in [9.17, 15) is 9.59 Å². The van der Waals surface area contributed by atoms with Crippen molar-refractivity contribution in [2.45, 2.75) is 20.3 Å². The number of hydrogen-bond donors (Lipinski definition) is 2.